The van der Waals surface area contributed by atoms with Gasteiger partial charge in [-0.05, 0) is 102 Å². The number of benzene rings is 1. The Kier molecular flexibility index (Phi) is 10.9. The maximum absolute atomic E-state index is 11.0. The van der Waals surface area contributed by atoms with E-state index in [4.69, 9.17) is 8.85 Å². The van der Waals surface area contributed by atoms with Crippen LogP contribution in [0.2, 0.25) is 10.1 Å². The van der Waals surface area contributed by atoms with E-state index < -0.39 is 19.5 Å². The Bertz CT molecular complexity index is 1070. The molecule has 0 aliphatic carbocycles. The highest BCUT2D eigenvalue weighted by atomic mass is 32.1. The molecule has 1 aromatic heterocycles. The molecule has 0 saturated heterocycles. The Morgan fingerprint density at radius 1 is 0.811 bits per heavy atom. The van der Waals surface area contributed by atoms with Crippen LogP contribution in [0.3, 0.4) is 0 Å². The number of aryl methyl sites for hydroxylation is 2. The van der Waals surface area contributed by atoms with Crippen molar-refractivity contribution in [3.63, 3.8) is 0 Å². The van der Waals surface area contributed by atoms with E-state index in [1.807, 2.05) is 0 Å². The van der Waals surface area contributed by atoms with Crippen LogP contribution in [0.5, 0.6) is 0 Å². The van der Waals surface area contributed by atoms with E-state index in [1.165, 1.54) is 27.1 Å². The van der Waals surface area contributed by atoms with Gasteiger partial charge in [0, 0.05) is 4.88 Å². The van der Waals surface area contributed by atoms with Crippen LogP contribution in [0.4, 0.5) is 0 Å². The maximum atomic E-state index is 11.0. The number of thiophene rings is 1. The first kappa shape index (κ1) is 31.9. The summed E-state index contributed by atoms with van der Waals surface area (Å²) >= 11 is 1.73. The smallest absolute Gasteiger partial charge is 0.168 e. The molecular formula is C31H50O3SSi2. The number of hydrogen-bond donors (Lipinski definition) is 0. The quantitative estimate of drug-likeness (QED) is 0.153. The summed E-state index contributed by atoms with van der Waals surface area (Å²) in [5, 5.41) is 2.70. The van der Waals surface area contributed by atoms with Gasteiger partial charge < -0.3 is 8.85 Å². The van der Waals surface area contributed by atoms with Gasteiger partial charge in [-0.25, -0.2) is 0 Å². The van der Waals surface area contributed by atoms with Crippen molar-refractivity contribution in [2.24, 2.45) is 0 Å². The third-order valence-corrected chi connectivity index (χ3v) is 11.0. The molecule has 6 heteroatoms. The van der Waals surface area contributed by atoms with Crippen LogP contribution in [0.1, 0.15) is 110 Å². The van der Waals surface area contributed by atoms with E-state index in [9.17, 15) is 4.79 Å². The molecule has 3 nitrogen and oxygen atoms in total. The average Bonchev–Trinajstić information content (AvgIpc) is 3.26. The molecule has 0 saturated carbocycles. The molecule has 0 bridgehead atoms. The summed E-state index contributed by atoms with van der Waals surface area (Å²) in [7, 11) is -1.44. The van der Waals surface area contributed by atoms with Crippen molar-refractivity contribution in [1.29, 1.82) is 0 Å². The summed E-state index contributed by atoms with van der Waals surface area (Å²) in [6.45, 7) is 24.6. The van der Waals surface area contributed by atoms with Crippen molar-refractivity contribution >= 4 is 42.7 Å². The van der Waals surface area contributed by atoms with Gasteiger partial charge in [0.2, 0.25) is 0 Å². The normalized spacial score (nSPS) is 14.4. The Morgan fingerprint density at radius 3 is 1.86 bits per heavy atom. The molecule has 2 rings (SSSR count). The van der Waals surface area contributed by atoms with Crippen molar-refractivity contribution < 1.29 is 13.6 Å². The van der Waals surface area contributed by atoms with Gasteiger partial charge in [0.15, 0.2) is 19.5 Å². The first-order chi connectivity index (χ1) is 17.0. The van der Waals surface area contributed by atoms with Gasteiger partial charge in [0.25, 0.3) is 0 Å². The van der Waals surface area contributed by atoms with Gasteiger partial charge >= 0.3 is 0 Å². The lowest BCUT2D eigenvalue weighted by Crippen LogP contribution is -2.34. The van der Waals surface area contributed by atoms with Gasteiger partial charge in [-0.2, -0.15) is 0 Å². The summed E-state index contributed by atoms with van der Waals surface area (Å²) in [5.41, 5.74) is 5.52. The van der Waals surface area contributed by atoms with Crippen molar-refractivity contribution in [2.45, 2.75) is 117 Å². The fourth-order valence-corrected chi connectivity index (χ4v) is 7.09. The Balaban J connectivity index is 2.36. The maximum Gasteiger partial charge on any atom is 0.168 e. The zero-order valence-electron chi connectivity index (χ0n) is 25.2. The number of carbonyl (C=O) groups excluding carboxylic acids is 1. The molecule has 0 amide bonds. The van der Waals surface area contributed by atoms with Gasteiger partial charge in [-0.1, -0.05) is 66.7 Å². The number of allylic oxidation sites excluding steroid dienone is 2. The summed E-state index contributed by atoms with van der Waals surface area (Å²) in [4.78, 5) is 12.2. The molecule has 0 radical (unpaired) electrons. The predicted octanol–water partition coefficient (Wildman–Crippen LogP) is 7.63. The minimum Gasteiger partial charge on any atom is -0.415 e. The van der Waals surface area contributed by atoms with Gasteiger partial charge in [-0.15, -0.1) is 11.3 Å². The molecule has 37 heavy (non-hydrogen) atoms. The van der Waals surface area contributed by atoms with Crippen LogP contribution in [-0.2, 0) is 37.7 Å². The highest BCUT2D eigenvalue weighted by Gasteiger charge is 2.33. The Hall–Kier alpha value is -1.32. The predicted molar refractivity (Wildman–Crippen MR) is 167 cm³/mol. The number of rotatable bonds is 12. The lowest BCUT2D eigenvalue weighted by Gasteiger charge is -2.38. The molecule has 0 atom stereocenters. The second-order valence-electron chi connectivity index (χ2n) is 13.6. The molecular weight excluding hydrogens is 509 g/mol. The summed E-state index contributed by atoms with van der Waals surface area (Å²) in [6, 6.07) is 9.17. The first-order valence-corrected chi connectivity index (χ1v) is 17.1. The lowest BCUT2D eigenvalue weighted by atomic mass is 9.84. The Morgan fingerprint density at radius 2 is 1.35 bits per heavy atom. The molecule has 0 aliphatic rings. The van der Waals surface area contributed by atoms with Crippen molar-refractivity contribution in [3.8, 4) is 0 Å². The SMILES string of the molecule is CCC(=CC=O)c1cc(CCc2ccc(C(C)(C)O[SiH2]C(C)(C)C)c(C(C)(C)O[SiH2]C(C)(C)C)c2)cs1. The summed E-state index contributed by atoms with van der Waals surface area (Å²) in [5.74, 6) is 0. The van der Waals surface area contributed by atoms with E-state index in [0.29, 0.717) is 0 Å². The standard InChI is InChI=1S/C31H50O3SSi2/c1-12-24(17-18-32)27-20-23(21-35-27)14-13-22-15-16-25(30(8,9)33-36-28(2,3)4)26(19-22)31(10,11)34-37-29(5,6)7/h15-21H,12-14,36-37H2,1-11H3. The van der Waals surface area contributed by atoms with Crippen LogP contribution in [0, 0.1) is 0 Å². The van der Waals surface area contributed by atoms with E-state index >= 15 is 0 Å². The third kappa shape index (κ3) is 10.1. The largest absolute Gasteiger partial charge is 0.415 e. The molecule has 2 aromatic rings. The molecule has 0 spiro atoms. The monoisotopic (exact) mass is 558 g/mol. The Labute approximate surface area is 235 Å². The molecule has 1 heterocycles. The number of carbonyl (C=O) groups is 1. The fraction of sp³-hybridized carbons (Fsp3) is 0.581. The topological polar surface area (TPSA) is 35.5 Å². The van der Waals surface area contributed by atoms with Crippen LogP contribution in [0.25, 0.3) is 5.57 Å². The van der Waals surface area contributed by atoms with E-state index in [-0.39, 0.29) is 21.3 Å². The number of aldehydes is 1. The number of hydrogen-bond acceptors (Lipinski definition) is 4. The van der Waals surface area contributed by atoms with E-state index in [0.717, 1.165) is 31.1 Å². The highest BCUT2D eigenvalue weighted by molar-refractivity contribution is 7.11. The van der Waals surface area contributed by atoms with Crippen LogP contribution in [-0.4, -0.2) is 25.8 Å². The lowest BCUT2D eigenvalue weighted by molar-refractivity contribution is -0.104. The second kappa shape index (κ2) is 12.7. The van der Waals surface area contributed by atoms with Crippen LogP contribution >= 0.6 is 11.3 Å². The molecule has 0 N–H and O–H groups in total. The summed E-state index contributed by atoms with van der Waals surface area (Å²) in [6.07, 6.45) is 5.39. The molecule has 0 unspecified atom stereocenters. The van der Waals surface area contributed by atoms with Crippen molar-refractivity contribution in [3.05, 3.63) is 62.9 Å². The zero-order valence-corrected chi connectivity index (χ0v) is 28.9. The second-order valence-corrected chi connectivity index (χ2v) is 19.9. The highest BCUT2D eigenvalue weighted by Crippen LogP contribution is 2.39. The molecule has 0 fully saturated rings. The molecule has 206 valence electrons. The van der Waals surface area contributed by atoms with Gasteiger partial charge in [0.05, 0.1) is 11.2 Å². The zero-order chi connectivity index (χ0) is 28.1. The average molecular weight is 559 g/mol. The van der Waals surface area contributed by atoms with Crippen LogP contribution in [0.15, 0.2) is 35.7 Å². The van der Waals surface area contributed by atoms with Crippen molar-refractivity contribution in [1.82, 2.24) is 0 Å². The molecule has 1 aromatic carbocycles. The van der Waals surface area contributed by atoms with E-state index in [1.54, 1.807) is 17.4 Å². The first-order valence-electron chi connectivity index (χ1n) is 13.6. The van der Waals surface area contributed by atoms with Crippen molar-refractivity contribution in [2.75, 3.05) is 0 Å². The minimum absolute atomic E-state index is 0.229. The van der Waals surface area contributed by atoms with Gasteiger partial charge in [-0.3, -0.25) is 4.79 Å². The minimum atomic E-state index is -0.731. The summed E-state index contributed by atoms with van der Waals surface area (Å²) < 4.78 is 13.4. The third-order valence-electron chi connectivity index (χ3n) is 6.44. The van der Waals surface area contributed by atoms with E-state index in [2.05, 4.69) is 106 Å². The van der Waals surface area contributed by atoms with Crippen LogP contribution < -0.4 is 0 Å². The fourth-order valence-electron chi connectivity index (χ4n) is 4.14. The van der Waals surface area contributed by atoms with Gasteiger partial charge in [0.1, 0.15) is 6.29 Å². The molecule has 0 aliphatic heterocycles.